The Bertz CT molecular complexity index is 1090. The van der Waals surface area contributed by atoms with Crippen LogP contribution in [0.5, 0.6) is 5.75 Å². The second kappa shape index (κ2) is 9.06. The fraction of sp³-hybridized carbons (Fsp3) is 0.400. The van der Waals surface area contributed by atoms with Crippen molar-refractivity contribution in [3.8, 4) is 5.75 Å². The average molecular weight is 470 g/mol. The van der Waals surface area contributed by atoms with E-state index in [9.17, 15) is 23.0 Å². The molecule has 3 atom stereocenters. The number of aliphatic hydroxyl groups excluding tert-OH is 1. The zero-order valence-electron chi connectivity index (χ0n) is 16.6. The highest BCUT2D eigenvalue weighted by atomic mass is 35.5. The SMILES string of the molecule is [C-]#[N+]c1ccc(O[C@H]2CN(S(=O)(=O)c3ccc(Cl)cn3)C[C@@]2(O)[C@@H](O)CCC)cc1F. The highest BCUT2D eigenvalue weighted by Crippen LogP contribution is 2.35. The summed E-state index contributed by atoms with van der Waals surface area (Å²) < 4.78 is 46.7. The van der Waals surface area contributed by atoms with Crippen molar-refractivity contribution >= 4 is 27.3 Å². The second-order valence-corrected chi connectivity index (χ2v) is 9.56. The van der Waals surface area contributed by atoms with E-state index in [0.29, 0.717) is 6.42 Å². The van der Waals surface area contributed by atoms with Gasteiger partial charge in [0.25, 0.3) is 10.0 Å². The first-order valence-corrected chi connectivity index (χ1v) is 11.3. The number of aromatic nitrogens is 1. The lowest BCUT2D eigenvalue weighted by atomic mass is 9.90. The van der Waals surface area contributed by atoms with Crippen molar-refractivity contribution in [2.45, 2.75) is 42.6 Å². The molecular formula is C20H21ClFN3O5S. The van der Waals surface area contributed by atoms with Gasteiger partial charge in [0.05, 0.1) is 24.2 Å². The largest absolute Gasteiger partial charge is 0.486 e. The molecule has 0 radical (unpaired) electrons. The molecule has 1 aromatic carbocycles. The number of halogens is 2. The summed E-state index contributed by atoms with van der Waals surface area (Å²) >= 11 is 5.78. The van der Waals surface area contributed by atoms with Crippen LogP contribution in [0.15, 0.2) is 41.6 Å². The maximum Gasteiger partial charge on any atom is 0.260 e. The number of β-amino-alcohol motifs (C(OH)–C–C–N with tert-alkyl or cyclic N) is 1. The van der Waals surface area contributed by atoms with E-state index < -0.39 is 40.2 Å². The summed E-state index contributed by atoms with van der Waals surface area (Å²) in [6.07, 6.45) is -0.537. The Morgan fingerprint density at radius 3 is 2.77 bits per heavy atom. The summed E-state index contributed by atoms with van der Waals surface area (Å²) in [4.78, 5) is 6.87. The topological polar surface area (TPSA) is 104 Å². The molecule has 1 aliphatic heterocycles. The highest BCUT2D eigenvalue weighted by molar-refractivity contribution is 7.89. The molecule has 0 unspecified atom stereocenters. The van der Waals surface area contributed by atoms with Gasteiger partial charge >= 0.3 is 0 Å². The van der Waals surface area contributed by atoms with Gasteiger partial charge in [-0.05, 0) is 30.7 Å². The standard InChI is InChI=1S/C20H21ClFN3O5S/c1-3-4-17(26)20(27)12-25(31(28,29)19-8-5-13(21)10-24-19)11-18(20)30-14-6-7-16(23-2)15(22)9-14/h5-10,17-18,26-27H,3-4,11-12H2,1H3/t17-,18-,20+/m0/s1. The molecule has 0 amide bonds. The van der Waals surface area contributed by atoms with Crippen LogP contribution in [0.2, 0.25) is 5.02 Å². The predicted molar refractivity (Wildman–Crippen MR) is 111 cm³/mol. The number of sulfonamides is 1. The van der Waals surface area contributed by atoms with Gasteiger partial charge in [0, 0.05) is 18.8 Å². The Morgan fingerprint density at radius 1 is 1.45 bits per heavy atom. The van der Waals surface area contributed by atoms with Crippen LogP contribution in [-0.2, 0) is 10.0 Å². The zero-order valence-corrected chi connectivity index (χ0v) is 18.1. The van der Waals surface area contributed by atoms with Gasteiger partial charge in [-0.3, -0.25) is 0 Å². The van der Waals surface area contributed by atoms with Crippen molar-refractivity contribution in [3.63, 3.8) is 0 Å². The summed E-state index contributed by atoms with van der Waals surface area (Å²) in [5.74, 6) is -0.807. The maximum atomic E-state index is 14.0. The summed E-state index contributed by atoms with van der Waals surface area (Å²) in [6.45, 7) is 7.99. The van der Waals surface area contributed by atoms with Gasteiger partial charge in [0.15, 0.2) is 5.03 Å². The van der Waals surface area contributed by atoms with Crippen LogP contribution in [0.1, 0.15) is 19.8 Å². The van der Waals surface area contributed by atoms with Crippen LogP contribution in [0.3, 0.4) is 0 Å². The second-order valence-electron chi connectivity index (χ2n) is 7.24. The first kappa shape index (κ1) is 23.4. The fourth-order valence-electron chi connectivity index (χ4n) is 3.42. The molecule has 1 fully saturated rings. The van der Waals surface area contributed by atoms with E-state index in [1.165, 1.54) is 30.5 Å². The minimum atomic E-state index is -4.12. The Morgan fingerprint density at radius 2 is 2.19 bits per heavy atom. The number of hydrogen-bond acceptors (Lipinski definition) is 6. The number of pyridine rings is 1. The molecule has 1 saturated heterocycles. The van der Waals surface area contributed by atoms with E-state index in [0.717, 1.165) is 10.4 Å². The van der Waals surface area contributed by atoms with Crippen LogP contribution in [0.4, 0.5) is 10.1 Å². The molecule has 3 rings (SSSR count). The zero-order chi connectivity index (χ0) is 22.8. The van der Waals surface area contributed by atoms with E-state index in [1.807, 2.05) is 6.92 Å². The Balaban J connectivity index is 1.93. The molecule has 2 N–H and O–H groups in total. The van der Waals surface area contributed by atoms with Gasteiger partial charge in [-0.1, -0.05) is 24.9 Å². The summed E-state index contributed by atoms with van der Waals surface area (Å²) in [5, 5.41) is 21.8. The quantitative estimate of drug-likeness (QED) is 0.604. The van der Waals surface area contributed by atoms with Gasteiger partial charge in [0.2, 0.25) is 5.69 Å². The first-order valence-electron chi connectivity index (χ1n) is 9.47. The smallest absolute Gasteiger partial charge is 0.260 e. The molecule has 1 aromatic heterocycles. The van der Waals surface area contributed by atoms with E-state index in [2.05, 4.69) is 9.83 Å². The first-order chi connectivity index (χ1) is 14.6. The van der Waals surface area contributed by atoms with E-state index in [1.54, 1.807) is 0 Å². The Hall–Kier alpha value is -2.29. The molecule has 2 heterocycles. The molecule has 166 valence electrons. The van der Waals surface area contributed by atoms with Crippen molar-refractivity contribution in [1.29, 1.82) is 0 Å². The van der Waals surface area contributed by atoms with Crippen LogP contribution in [0, 0.1) is 12.4 Å². The summed E-state index contributed by atoms with van der Waals surface area (Å²) in [7, 11) is -4.12. The third-order valence-electron chi connectivity index (χ3n) is 5.12. The molecule has 31 heavy (non-hydrogen) atoms. The van der Waals surface area contributed by atoms with Crippen molar-refractivity contribution in [2.24, 2.45) is 0 Å². The lowest BCUT2D eigenvalue weighted by Crippen LogP contribution is -2.54. The Kier molecular flexibility index (Phi) is 6.83. The molecule has 1 aliphatic rings. The fourth-order valence-corrected chi connectivity index (χ4v) is 4.93. The molecule has 0 spiro atoms. The molecule has 0 aliphatic carbocycles. The number of rotatable bonds is 7. The number of nitrogens with zero attached hydrogens (tertiary/aromatic N) is 3. The molecule has 0 bridgehead atoms. The monoisotopic (exact) mass is 469 g/mol. The normalized spacial score (nSPS) is 22.8. The minimum absolute atomic E-state index is 0.000823. The number of hydrogen-bond donors (Lipinski definition) is 2. The molecule has 2 aromatic rings. The predicted octanol–water partition coefficient (Wildman–Crippen LogP) is 2.77. The summed E-state index contributed by atoms with van der Waals surface area (Å²) in [5.41, 5.74) is -2.14. The highest BCUT2D eigenvalue weighted by Gasteiger charge is 2.55. The molecule has 11 heteroatoms. The van der Waals surface area contributed by atoms with Gasteiger partial charge in [-0.25, -0.2) is 22.6 Å². The van der Waals surface area contributed by atoms with Crippen LogP contribution < -0.4 is 4.74 Å². The van der Waals surface area contributed by atoms with E-state index >= 15 is 0 Å². The van der Waals surface area contributed by atoms with Crippen LogP contribution in [-0.4, -0.2) is 58.8 Å². The van der Waals surface area contributed by atoms with Crippen molar-refractivity contribution in [2.75, 3.05) is 13.1 Å². The van der Waals surface area contributed by atoms with Gasteiger partial charge < -0.3 is 14.9 Å². The van der Waals surface area contributed by atoms with Gasteiger partial charge in [-0.2, -0.15) is 4.31 Å². The minimum Gasteiger partial charge on any atom is -0.486 e. The van der Waals surface area contributed by atoms with E-state index in [4.69, 9.17) is 22.9 Å². The maximum absolute atomic E-state index is 14.0. The van der Waals surface area contributed by atoms with Crippen molar-refractivity contribution in [3.05, 3.63) is 58.8 Å². The van der Waals surface area contributed by atoms with Crippen molar-refractivity contribution in [1.82, 2.24) is 9.29 Å². The van der Waals surface area contributed by atoms with Crippen LogP contribution >= 0.6 is 11.6 Å². The van der Waals surface area contributed by atoms with Crippen LogP contribution in [0.25, 0.3) is 4.85 Å². The van der Waals surface area contributed by atoms with E-state index in [-0.39, 0.29) is 34.5 Å². The molecular weight excluding hydrogens is 449 g/mol. The third kappa shape index (κ3) is 4.66. The molecule has 8 nitrogen and oxygen atoms in total. The van der Waals surface area contributed by atoms with Gasteiger partial charge in [0.1, 0.15) is 23.3 Å². The lowest BCUT2D eigenvalue weighted by molar-refractivity contribution is -0.114. The number of benzene rings is 1. The Labute approximate surface area is 184 Å². The summed E-state index contributed by atoms with van der Waals surface area (Å²) in [6, 6.07) is 6.18. The van der Waals surface area contributed by atoms with Gasteiger partial charge in [-0.15, -0.1) is 0 Å². The van der Waals surface area contributed by atoms with Crippen molar-refractivity contribution < 1.29 is 27.8 Å². The number of aliphatic hydroxyl groups is 2. The lowest BCUT2D eigenvalue weighted by Gasteiger charge is -2.33. The molecule has 0 saturated carbocycles. The average Bonchev–Trinajstić information content (AvgIpc) is 3.07. The number of ether oxygens (including phenoxy) is 1. The third-order valence-corrected chi connectivity index (χ3v) is 7.07.